The molecule has 0 nitrogen and oxygen atoms in total. The summed E-state index contributed by atoms with van der Waals surface area (Å²) < 4.78 is 4.63. The molecule has 0 heterocycles. The molecule has 0 N–H and O–H groups in total. The molecule has 3 aromatic carbocycles. The van der Waals surface area contributed by atoms with Gasteiger partial charge in [-0.25, -0.2) is 0 Å². The molecule has 0 fully saturated rings. The minimum absolute atomic E-state index is 1.21. The van der Waals surface area contributed by atoms with Crippen molar-refractivity contribution in [1.82, 2.24) is 0 Å². The molecule has 0 spiro atoms. The summed E-state index contributed by atoms with van der Waals surface area (Å²) in [6.07, 6.45) is 7.62. The molecule has 4 heteroatoms. The van der Waals surface area contributed by atoms with E-state index in [9.17, 15) is 0 Å². The van der Waals surface area contributed by atoms with Gasteiger partial charge in [-0.05, 0) is 0 Å². The summed E-state index contributed by atoms with van der Waals surface area (Å²) in [7, 11) is 0. The fraction of sp³-hybridized carbons (Fsp3) is 0.400. The Morgan fingerprint density at radius 1 is 0.500 bits per heavy atom. The summed E-state index contributed by atoms with van der Waals surface area (Å²) in [5.41, 5.74) is 0. The Bertz CT molecular complexity index is 861. The van der Waals surface area contributed by atoms with E-state index in [1.165, 1.54) is 70.5 Å². The third-order valence-corrected chi connectivity index (χ3v) is 13.8. The first-order valence-corrected chi connectivity index (χ1v) is 18.5. The Morgan fingerprint density at radius 2 is 0.824 bits per heavy atom. The first kappa shape index (κ1) is 27.8. The van der Waals surface area contributed by atoms with Crippen molar-refractivity contribution in [2.24, 2.45) is 0 Å². The molecule has 0 aromatic heterocycles. The second-order valence-corrected chi connectivity index (χ2v) is 16.6. The predicted octanol–water partition coefficient (Wildman–Crippen LogP) is 7.88. The van der Waals surface area contributed by atoms with E-state index in [4.69, 9.17) is 0 Å². The van der Waals surface area contributed by atoms with Gasteiger partial charge in [-0.2, -0.15) is 0 Å². The third kappa shape index (κ3) is 9.05. The van der Waals surface area contributed by atoms with Crippen LogP contribution in [0.25, 0.3) is 0 Å². The van der Waals surface area contributed by atoms with Crippen molar-refractivity contribution in [1.29, 1.82) is 0 Å². The van der Waals surface area contributed by atoms with Crippen LogP contribution in [0.3, 0.4) is 0 Å². The molecule has 0 radical (unpaired) electrons. The van der Waals surface area contributed by atoms with Crippen LogP contribution in [-0.2, 0) is 0 Å². The van der Waals surface area contributed by atoms with Crippen molar-refractivity contribution >= 4 is 63.0 Å². The molecule has 0 aliphatic rings. The zero-order valence-electron chi connectivity index (χ0n) is 21.0. The van der Waals surface area contributed by atoms with Gasteiger partial charge in [0.25, 0.3) is 0 Å². The summed E-state index contributed by atoms with van der Waals surface area (Å²) in [6, 6.07) is 28.4. The molecule has 0 atom stereocenters. The number of unbranched alkanes of at least 4 members (excludes halogenated alkanes) is 3. The fourth-order valence-electron chi connectivity index (χ4n) is 3.59. The van der Waals surface area contributed by atoms with Gasteiger partial charge in [0.15, 0.2) is 0 Å². The maximum atomic E-state index is 2.49. The average Bonchev–Trinajstić information content (AvgIpc) is 2.86. The molecule has 0 aliphatic heterocycles. The maximum absolute atomic E-state index is 2.49. The molecule has 3 rings (SSSR count). The van der Waals surface area contributed by atoms with E-state index in [0.29, 0.717) is 0 Å². The van der Waals surface area contributed by atoms with E-state index in [2.05, 4.69) is 93.6 Å². The van der Waals surface area contributed by atoms with Gasteiger partial charge in [-0.15, -0.1) is 0 Å². The molecule has 0 aliphatic carbocycles. The summed E-state index contributed by atoms with van der Waals surface area (Å²) in [5, 5.41) is 0. The number of thioether (sulfide) groups is 3. The number of benzene rings is 3. The van der Waals surface area contributed by atoms with Crippen LogP contribution in [0.5, 0.6) is 0 Å². The Balaban J connectivity index is 1.96. The van der Waals surface area contributed by atoms with Crippen molar-refractivity contribution in [3.63, 3.8) is 0 Å². The molecule has 0 amide bonds. The van der Waals surface area contributed by atoms with Crippen molar-refractivity contribution in [3.05, 3.63) is 72.8 Å². The van der Waals surface area contributed by atoms with Crippen LogP contribution in [0.2, 0.25) is 0 Å². The first-order valence-electron chi connectivity index (χ1n) is 12.7. The topological polar surface area (TPSA) is 0 Å². The third-order valence-electron chi connectivity index (χ3n) is 5.53. The van der Waals surface area contributed by atoms with Crippen LogP contribution in [0.1, 0.15) is 59.3 Å². The van der Waals surface area contributed by atoms with Gasteiger partial charge in [0.05, 0.1) is 0 Å². The molecular formula is C30H39AsS3. The van der Waals surface area contributed by atoms with Crippen LogP contribution < -0.4 is 13.1 Å². The van der Waals surface area contributed by atoms with Gasteiger partial charge < -0.3 is 0 Å². The Morgan fingerprint density at radius 3 is 1.12 bits per heavy atom. The molecular weight excluding hydrogens is 531 g/mol. The zero-order valence-corrected chi connectivity index (χ0v) is 25.3. The molecule has 0 saturated heterocycles. The minimum atomic E-state index is -1.65. The quantitative estimate of drug-likeness (QED) is 0.104. The van der Waals surface area contributed by atoms with Gasteiger partial charge in [0.1, 0.15) is 0 Å². The monoisotopic (exact) mass is 570 g/mol. The van der Waals surface area contributed by atoms with E-state index in [1.807, 2.05) is 35.3 Å². The molecule has 3 aromatic rings. The van der Waals surface area contributed by atoms with Gasteiger partial charge in [0.2, 0.25) is 0 Å². The predicted molar refractivity (Wildman–Crippen MR) is 161 cm³/mol. The molecule has 0 saturated carbocycles. The number of rotatable bonds is 15. The zero-order chi connectivity index (χ0) is 24.0. The average molecular weight is 571 g/mol. The molecule has 182 valence electrons. The van der Waals surface area contributed by atoms with Crippen molar-refractivity contribution < 1.29 is 0 Å². The number of hydrogen-bond acceptors (Lipinski definition) is 3. The van der Waals surface area contributed by atoms with Crippen LogP contribution in [0.4, 0.5) is 0 Å². The fourth-order valence-corrected chi connectivity index (χ4v) is 12.4. The van der Waals surface area contributed by atoms with Crippen LogP contribution in [0.15, 0.2) is 87.5 Å². The molecule has 0 unspecified atom stereocenters. The van der Waals surface area contributed by atoms with Crippen molar-refractivity contribution in [3.8, 4) is 0 Å². The second-order valence-electron chi connectivity index (χ2n) is 8.43. The van der Waals surface area contributed by atoms with E-state index in [1.54, 1.807) is 13.1 Å². The van der Waals surface area contributed by atoms with E-state index in [0.717, 1.165) is 0 Å². The van der Waals surface area contributed by atoms with Crippen LogP contribution >= 0.6 is 35.3 Å². The van der Waals surface area contributed by atoms with Gasteiger partial charge in [0, 0.05) is 0 Å². The van der Waals surface area contributed by atoms with Gasteiger partial charge in [-0.3, -0.25) is 0 Å². The van der Waals surface area contributed by atoms with Crippen LogP contribution in [0, 0.1) is 0 Å². The normalized spacial score (nSPS) is 11.3. The SMILES string of the molecule is CCCCSc1cccc([As](c2cccc(SCCCC)c2)c2cccc(SCCCC)c2)c1. The Hall–Kier alpha value is -0.732. The van der Waals surface area contributed by atoms with E-state index < -0.39 is 14.7 Å². The Labute approximate surface area is 225 Å². The Kier molecular flexibility index (Phi) is 13.2. The van der Waals surface area contributed by atoms with Crippen LogP contribution in [-0.4, -0.2) is 31.9 Å². The summed E-state index contributed by atoms with van der Waals surface area (Å²) in [4.78, 5) is 4.27. The van der Waals surface area contributed by atoms with Crippen molar-refractivity contribution in [2.75, 3.05) is 17.3 Å². The standard InChI is InChI=1S/C30H39AsS3/c1-4-7-19-32-28-16-10-13-25(22-28)31(26-14-11-17-29(23-26)33-20-8-5-2)27-15-12-18-30(24-27)34-21-9-6-3/h10-18,22-24H,4-9,19-21H2,1-3H3. The summed E-state index contributed by atoms with van der Waals surface area (Å²) >= 11 is 4.40. The van der Waals surface area contributed by atoms with Gasteiger partial charge >= 0.3 is 227 Å². The molecule has 0 bridgehead atoms. The number of hydrogen-bond donors (Lipinski definition) is 0. The van der Waals surface area contributed by atoms with Gasteiger partial charge in [-0.1, -0.05) is 0 Å². The van der Waals surface area contributed by atoms with E-state index >= 15 is 0 Å². The first-order chi connectivity index (χ1) is 16.7. The second kappa shape index (κ2) is 16.1. The molecule has 34 heavy (non-hydrogen) atoms. The van der Waals surface area contributed by atoms with Crippen molar-refractivity contribution in [2.45, 2.75) is 74.0 Å². The summed E-state index contributed by atoms with van der Waals surface area (Å²) in [5.74, 6) is 3.63. The van der Waals surface area contributed by atoms with E-state index in [-0.39, 0.29) is 0 Å². The summed E-state index contributed by atoms with van der Waals surface area (Å²) in [6.45, 7) is 6.83.